The minimum Gasteiger partial charge on any atom is -0.457 e. The smallest absolute Gasteiger partial charge is 0.303 e. The lowest BCUT2D eigenvalue weighted by Crippen LogP contribution is -2.32. The number of carbonyl (C=O) groups is 1. The minimum absolute atomic E-state index is 0.326. The van der Waals surface area contributed by atoms with Gasteiger partial charge in [0.05, 0.1) is 0 Å². The summed E-state index contributed by atoms with van der Waals surface area (Å²) in [5.74, 6) is -0.326. The van der Waals surface area contributed by atoms with Gasteiger partial charge in [0.2, 0.25) is 0 Å². The van der Waals surface area contributed by atoms with Gasteiger partial charge in [0.1, 0.15) is 6.10 Å². The molecule has 144 valence electrons. The first-order valence-corrected chi connectivity index (χ1v) is 9.61. The fraction of sp³-hybridized carbons (Fsp3) is 0.250. The first-order valence-electron chi connectivity index (χ1n) is 9.24. The molecule has 1 aromatic heterocycles. The van der Waals surface area contributed by atoms with Crippen LogP contribution in [0.2, 0.25) is 5.02 Å². The molecule has 0 spiro atoms. The van der Waals surface area contributed by atoms with E-state index in [9.17, 15) is 4.79 Å². The maximum atomic E-state index is 11.9. The fourth-order valence-corrected chi connectivity index (χ4v) is 3.60. The van der Waals surface area contributed by atoms with E-state index in [1.807, 2.05) is 48.5 Å². The summed E-state index contributed by atoms with van der Waals surface area (Å²) in [5.41, 5.74) is 2.32. The lowest BCUT2D eigenvalue weighted by atomic mass is 9.80. The summed E-state index contributed by atoms with van der Waals surface area (Å²) in [5, 5.41) is 2.72. The van der Waals surface area contributed by atoms with Crippen molar-refractivity contribution in [2.75, 3.05) is 0 Å². The zero-order valence-electron chi connectivity index (χ0n) is 16.6. The number of pyridine rings is 1. The number of benzene rings is 2. The molecule has 0 radical (unpaired) electrons. The topological polar surface area (TPSA) is 39.2 Å². The summed E-state index contributed by atoms with van der Waals surface area (Å²) in [4.78, 5) is 16.2. The highest BCUT2D eigenvalue weighted by atomic mass is 35.5. The van der Waals surface area contributed by atoms with Crippen molar-refractivity contribution in [3.8, 4) is 0 Å². The summed E-state index contributed by atoms with van der Waals surface area (Å²) in [6.07, 6.45) is 5.05. The van der Waals surface area contributed by atoms with Crippen molar-refractivity contribution in [3.63, 3.8) is 0 Å². The molecule has 1 heterocycles. The van der Waals surface area contributed by atoms with Gasteiger partial charge in [-0.1, -0.05) is 68.8 Å². The summed E-state index contributed by atoms with van der Waals surface area (Å²) >= 11 is 6.70. The molecule has 0 N–H and O–H groups in total. The first kappa shape index (κ1) is 20.1. The van der Waals surface area contributed by atoms with Gasteiger partial charge in [0, 0.05) is 40.9 Å². The SMILES string of the molecule is CC(=O)OC(C(=Cc1cccnc1)c1c(Cl)ccc2ccccc12)C(C)(C)C. The first-order chi connectivity index (χ1) is 13.3. The minimum atomic E-state index is -0.478. The lowest BCUT2D eigenvalue weighted by Gasteiger charge is -2.33. The van der Waals surface area contributed by atoms with E-state index >= 15 is 0 Å². The summed E-state index contributed by atoms with van der Waals surface area (Å²) in [6, 6.07) is 15.8. The Hall–Kier alpha value is -2.65. The Morgan fingerprint density at radius 3 is 2.50 bits per heavy atom. The number of hydrogen-bond donors (Lipinski definition) is 0. The van der Waals surface area contributed by atoms with E-state index in [1.165, 1.54) is 6.92 Å². The zero-order valence-corrected chi connectivity index (χ0v) is 17.3. The van der Waals surface area contributed by atoms with Crippen LogP contribution in [-0.4, -0.2) is 17.1 Å². The Morgan fingerprint density at radius 2 is 1.86 bits per heavy atom. The number of aromatic nitrogens is 1. The molecule has 1 atom stereocenters. The third-order valence-corrected chi connectivity index (χ3v) is 4.84. The van der Waals surface area contributed by atoms with E-state index in [0.717, 1.165) is 27.5 Å². The molecule has 3 nitrogen and oxygen atoms in total. The Bertz CT molecular complexity index is 1020. The fourth-order valence-electron chi connectivity index (χ4n) is 3.33. The van der Waals surface area contributed by atoms with Gasteiger partial charge in [0.25, 0.3) is 0 Å². The van der Waals surface area contributed by atoms with E-state index in [2.05, 4.69) is 31.8 Å². The van der Waals surface area contributed by atoms with Crippen LogP contribution in [0.4, 0.5) is 0 Å². The van der Waals surface area contributed by atoms with E-state index in [1.54, 1.807) is 12.4 Å². The van der Waals surface area contributed by atoms with Crippen LogP contribution in [0.25, 0.3) is 22.4 Å². The molecular formula is C24H24ClNO2. The normalized spacial score (nSPS) is 13.4. The number of hydrogen-bond acceptors (Lipinski definition) is 3. The lowest BCUT2D eigenvalue weighted by molar-refractivity contribution is -0.147. The van der Waals surface area contributed by atoms with E-state index in [4.69, 9.17) is 16.3 Å². The van der Waals surface area contributed by atoms with Crippen molar-refractivity contribution >= 4 is 40.0 Å². The third-order valence-electron chi connectivity index (χ3n) is 4.53. The van der Waals surface area contributed by atoms with Gasteiger partial charge in [-0.05, 0) is 34.5 Å². The highest BCUT2D eigenvalue weighted by molar-refractivity contribution is 6.34. The predicted octanol–water partition coefficient (Wildman–Crippen LogP) is 6.41. The third kappa shape index (κ3) is 4.42. The Balaban J connectivity index is 2.33. The number of halogens is 1. The number of fused-ring (bicyclic) bond motifs is 1. The molecule has 0 saturated carbocycles. The number of rotatable bonds is 4. The molecule has 1 unspecified atom stereocenters. The van der Waals surface area contributed by atoms with Crippen LogP contribution in [0.3, 0.4) is 0 Å². The van der Waals surface area contributed by atoms with Crippen LogP contribution in [0.1, 0.15) is 38.8 Å². The second-order valence-electron chi connectivity index (χ2n) is 7.89. The van der Waals surface area contributed by atoms with Crippen LogP contribution in [0, 0.1) is 5.41 Å². The van der Waals surface area contributed by atoms with Gasteiger partial charge in [-0.3, -0.25) is 9.78 Å². The average Bonchev–Trinajstić information content (AvgIpc) is 2.65. The molecule has 4 heteroatoms. The maximum Gasteiger partial charge on any atom is 0.303 e. The second-order valence-corrected chi connectivity index (χ2v) is 8.29. The largest absolute Gasteiger partial charge is 0.457 e. The molecule has 0 amide bonds. The van der Waals surface area contributed by atoms with Gasteiger partial charge in [0.15, 0.2) is 0 Å². The molecular weight excluding hydrogens is 370 g/mol. The Labute approximate surface area is 171 Å². The molecule has 0 fully saturated rings. The summed E-state index contributed by atoms with van der Waals surface area (Å²) in [6.45, 7) is 7.59. The maximum absolute atomic E-state index is 11.9. The molecule has 3 aromatic rings. The Kier molecular flexibility index (Phi) is 5.85. The quantitative estimate of drug-likeness (QED) is 0.481. The van der Waals surface area contributed by atoms with Crippen LogP contribution in [-0.2, 0) is 9.53 Å². The number of carbonyl (C=O) groups excluding carboxylic acids is 1. The summed E-state index contributed by atoms with van der Waals surface area (Å²) < 4.78 is 5.82. The average molecular weight is 394 g/mol. The van der Waals surface area contributed by atoms with Gasteiger partial charge >= 0.3 is 5.97 Å². The van der Waals surface area contributed by atoms with Crippen LogP contribution in [0.5, 0.6) is 0 Å². The standard InChI is InChI=1S/C24H24ClNO2/c1-16(27)28-23(24(2,3)4)20(14-17-8-7-13-26-15-17)22-19-10-6-5-9-18(19)11-12-21(22)25/h5-15,23H,1-4H3. The summed E-state index contributed by atoms with van der Waals surface area (Å²) in [7, 11) is 0. The van der Waals surface area contributed by atoms with Crippen molar-refractivity contribution in [1.29, 1.82) is 0 Å². The highest BCUT2D eigenvalue weighted by Gasteiger charge is 2.33. The molecule has 0 bridgehead atoms. The second kappa shape index (κ2) is 8.15. The number of esters is 1. The van der Waals surface area contributed by atoms with Gasteiger partial charge in [-0.15, -0.1) is 0 Å². The molecule has 28 heavy (non-hydrogen) atoms. The van der Waals surface area contributed by atoms with E-state index < -0.39 is 6.10 Å². The Morgan fingerprint density at radius 1 is 1.11 bits per heavy atom. The van der Waals surface area contributed by atoms with Crippen molar-refractivity contribution in [3.05, 3.63) is 77.1 Å². The van der Waals surface area contributed by atoms with E-state index in [-0.39, 0.29) is 11.4 Å². The van der Waals surface area contributed by atoms with Crippen molar-refractivity contribution in [2.24, 2.45) is 5.41 Å². The number of nitrogens with zero attached hydrogens (tertiary/aromatic N) is 1. The van der Waals surface area contributed by atoms with E-state index in [0.29, 0.717) is 5.02 Å². The van der Waals surface area contributed by atoms with Crippen molar-refractivity contribution in [1.82, 2.24) is 4.98 Å². The van der Waals surface area contributed by atoms with Crippen LogP contribution >= 0.6 is 11.6 Å². The molecule has 2 aromatic carbocycles. The van der Waals surface area contributed by atoms with Crippen molar-refractivity contribution in [2.45, 2.75) is 33.8 Å². The molecule has 3 rings (SSSR count). The zero-order chi connectivity index (χ0) is 20.3. The predicted molar refractivity (Wildman–Crippen MR) is 116 cm³/mol. The molecule has 0 saturated heterocycles. The van der Waals surface area contributed by atoms with Gasteiger partial charge in [-0.2, -0.15) is 0 Å². The highest BCUT2D eigenvalue weighted by Crippen LogP contribution is 2.41. The van der Waals surface area contributed by atoms with Crippen LogP contribution in [0.15, 0.2) is 60.9 Å². The molecule has 0 aliphatic heterocycles. The van der Waals surface area contributed by atoms with Gasteiger partial charge < -0.3 is 4.74 Å². The molecule has 0 aliphatic carbocycles. The number of ether oxygens (including phenoxy) is 1. The van der Waals surface area contributed by atoms with Crippen LogP contribution < -0.4 is 0 Å². The van der Waals surface area contributed by atoms with Crippen molar-refractivity contribution < 1.29 is 9.53 Å². The van der Waals surface area contributed by atoms with Gasteiger partial charge in [-0.25, -0.2) is 0 Å². The monoisotopic (exact) mass is 393 g/mol. The molecule has 0 aliphatic rings.